The maximum atomic E-state index is 14.3. The summed E-state index contributed by atoms with van der Waals surface area (Å²) in [4.78, 5) is 43.2. The van der Waals surface area contributed by atoms with Crippen molar-refractivity contribution in [2.75, 3.05) is 6.54 Å². The van der Waals surface area contributed by atoms with E-state index < -0.39 is 29.8 Å². The molecule has 1 saturated heterocycles. The summed E-state index contributed by atoms with van der Waals surface area (Å²) in [6, 6.07) is 8.21. The molecule has 8 nitrogen and oxygen atoms in total. The van der Waals surface area contributed by atoms with Crippen LogP contribution in [0.25, 0.3) is 10.9 Å². The van der Waals surface area contributed by atoms with Crippen LogP contribution in [0.15, 0.2) is 42.6 Å². The first kappa shape index (κ1) is 26.1. The molecular formula is C26H22ClF2N3O5. The fraction of sp³-hybridized carbons (Fsp3) is 0.269. The predicted molar refractivity (Wildman–Crippen MR) is 131 cm³/mol. The lowest BCUT2D eigenvalue weighted by Gasteiger charge is -2.24. The number of rotatable bonds is 6. The van der Waals surface area contributed by atoms with Gasteiger partial charge in [0.15, 0.2) is 11.9 Å². The average molecular weight is 530 g/mol. The summed E-state index contributed by atoms with van der Waals surface area (Å²) in [6.45, 7) is 0.681. The van der Waals surface area contributed by atoms with Crippen molar-refractivity contribution in [3.05, 3.63) is 70.1 Å². The molecule has 1 fully saturated rings. The summed E-state index contributed by atoms with van der Waals surface area (Å²) < 4.78 is 30.0. The van der Waals surface area contributed by atoms with Crippen molar-refractivity contribution in [3.63, 3.8) is 0 Å². The molecule has 0 saturated carbocycles. The summed E-state index contributed by atoms with van der Waals surface area (Å²) in [5, 5.41) is 11.5. The number of carbonyl (C=O) groups is 3. The predicted octanol–water partition coefficient (Wildman–Crippen LogP) is 3.69. The Morgan fingerprint density at radius 3 is 2.78 bits per heavy atom. The second-order valence-electron chi connectivity index (χ2n) is 8.60. The summed E-state index contributed by atoms with van der Waals surface area (Å²) in [6.07, 6.45) is 1.97. The molecular weight excluding hydrogens is 508 g/mol. The van der Waals surface area contributed by atoms with Crippen LogP contribution in [-0.4, -0.2) is 51.1 Å². The van der Waals surface area contributed by atoms with Gasteiger partial charge in [-0.3, -0.25) is 19.3 Å². The minimum atomic E-state index is -1.41. The van der Waals surface area contributed by atoms with Crippen molar-refractivity contribution in [1.29, 1.82) is 0 Å². The highest BCUT2D eigenvalue weighted by Gasteiger charge is 2.39. The van der Waals surface area contributed by atoms with E-state index in [1.165, 1.54) is 29.8 Å². The maximum Gasteiger partial charge on any atom is 0.243 e. The van der Waals surface area contributed by atoms with Crippen LogP contribution in [0.1, 0.15) is 34.8 Å². The van der Waals surface area contributed by atoms with Gasteiger partial charge in [0.25, 0.3) is 0 Å². The first-order valence-corrected chi connectivity index (χ1v) is 11.7. The van der Waals surface area contributed by atoms with Crippen LogP contribution in [0.3, 0.4) is 0 Å². The number of halogens is 3. The quantitative estimate of drug-likeness (QED) is 0.219. The van der Waals surface area contributed by atoms with Crippen molar-refractivity contribution in [2.45, 2.75) is 38.6 Å². The molecule has 2 atom stereocenters. The molecule has 0 aliphatic carbocycles. The van der Waals surface area contributed by atoms with Gasteiger partial charge in [-0.15, -0.1) is 0 Å². The second-order valence-corrected chi connectivity index (χ2v) is 9.01. The molecule has 3 aromatic rings. The van der Waals surface area contributed by atoms with Crippen molar-refractivity contribution < 1.29 is 33.3 Å². The Balaban J connectivity index is 1.55. The number of hydrogen-bond acceptors (Lipinski definition) is 5. The lowest BCUT2D eigenvalue weighted by atomic mass is 10.1. The fourth-order valence-electron chi connectivity index (χ4n) is 4.39. The second kappa shape index (κ2) is 11.0. The molecule has 4 rings (SSSR count). The lowest BCUT2D eigenvalue weighted by Crippen LogP contribution is -2.46. The number of ketones is 1. The number of amides is 2. The van der Waals surface area contributed by atoms with Gasteiger partial charge in [0.2, 0.25) is 11.8 Å². The summed E-state index contributed by atoms with van der Waals surface area (Å²) in [5.74, 6) is 0.542. The smallest absolute Gasteiger partial charge is 0.243 e. The van der Waals surface area contributed by atoms with Gasteiger partial charge in [-0.2, -0.15) is 5.26 Å². The molecule has 2 aromatic carbocycles. The molecule has 2 amide bonds. The van der Waals surface area contributed by atoms with Crippen molar-refractivity contribution in [1.82, 2.24) is 14.8 Å². The van der Waals surface area contributed by atoms with Crippen molar-refractivity contribution in [2.24, 2.45) is 0 Å². The Morgan fingerprint density at radius 2 is 2.05 bits per heavy atom. The summed E-state index contributed by atoms with van der Waals surface area (Å²) in [5.41, 5.74) is 1.51. The van der Waals surface area contributed by atoms with Gasteiger partial charge in [0, 0.05) is 41.2 Å². The van der Waals surface area contributed by atoms with E-state index in [0.717, 1.165) is 4.90 Å². The Hall–Kier alpha value is -3.94. The number of carbonyl (C=O) groups excluding carboxylic acids is 3. The molecule has 2 heterocycles. The minimum Gasteiger partial charge on any atom is -0.350 e. The number of benzene rings is 2. The van der Waals surface area contributed by atoms with Crippen LogP contribution in [0.4, 0.5) is 8.78 Å². The number of Topliss-reactive ketones (excluding diaryl/α,β-unsaturated/α-hetero) is 1. The third-order valence-electron chi connectivity index (χ3n) is 6.17. The van der Waals surface area contributed by atoms with E-state index in [0.29, 0.717) is 22.0 Å². The molecule has 1 aromatic heterocycles. The first-order valence-electron chi connectivity index (χ1n) is 11.3. The van der Waals surface area contributed by atoms with E-state index in [2.05, 4.69) is 22.2 Å². The highest BCUT2D eigenvalue weighted by molar-refractivity contribution is 6.30. The monoisotopic (exact) mass is 529 g/mol. The largest absolute Gasteiger partial charge is 0.350 e. The van der Waals surface area contributed by atoms with Crippen LogP contribution >= 0.6 is 11.6 Å². The van der Waals surface area contributed by atoms with E-state index in [1.807, 2.05) is 0 Å². The molecule has 0 spiro atoms. The topological polar surface area (TPSA) is 101 Å². The number of aromatic nitrogens is 1. The number of nitrogens with one attached hydrogen (secondary N) is 1. The SMILES string of the molecule is CC(=O)c1cn(CC(=O)N2C[C@H](F)C[C@H]2C(=O)NCc2cccc(Cl)c2F)c2cc(C#COO)ccc12. The zero-order chi connectivity index (χ0) is 26.7. The van der Waals surface area contributed by atoms with E-state index in [-0.39, 0.29) is 42.4 Å². The Labute approximate surface area is 215 Å². The van der Waals surface area contributed by atoms with Gasteiger partial charge in [-0.25, -0.2) is 8.78 Å². The van der Waals surface area contributed by atoms with Crippen LogP contribution in [0.2, 0.25) is 5.02 Å². The van der Waals surface area contributed by atoms with E-state index in [4.69, 9.17) is 16.9 Å². The third-order valence-corrected chi connectivity index (χ3v) is 6.46. The van der Waals surface area contributed by atoms with Crippen LogP contribution in [0.5, 0.6) is 0 Å². The molecule has 0 radical (unpaired) electrons. The van der Waals surface area contributed by atoms with Crippen LogP contribution in [0, 0.1) is 17.8 Å². The first-order chi connectivity index (χ1) is 17.7. The number of hydrogen-bond donors (Lipinski definition) is 2. The molecule has 1 aliphatic heterocycles. The summed E-state index contributed by atoms with van der Waals surface area (Å²) in [7, 11) is 0. The number of alkyl halides is 1. The van der Waals surface area contributed by atoms with Crippen molar-refractivity contribution >= 4 is 40.1 Å². The molecule has 11 heteroatoms. The van der Waals surface area contributed by atoms with E-state index >= 15 is 0 Å². The number of fused-ring (bicyclic) bond motifs is 1. The molecule has 0 bridgehead atoms. The third kappa shape index (κ3) is 5.58. The molecule has 192 valence electrons. The minimum absolute atomic E-state index is 0.0878. The Kier molecular flexibility index (Phi) is 7.76. The molecule has 1 aliphatic rings. The van der Waals surface area contributed by atoms with E-state index in [9.17, 15) is 23.2 Å². The highest BCUT2D eigenvalue weighted by atomic mass is 35.5. The number of likely N-dealkylation sites (tertiary alicyclic amines) is 1. The van der Waals surface area contributed by atoms with Crippen LogP contribution < -0.4 is 5.32 Å². The lowest BCUT2D eigenvalue weighted by molar-refractivity contribution is -0.171. The zero-order valence-electron chi connectivity index (χ0n) is 19.6. The standard InChI is InChI=1S/C26H22ClF2N3O5/c1-15(33)20-13-31(22-9-16(7-8-37-36)5-6-19(20)22)14-24(34)32-12-18(28)10-23(32)26(35)30-11-17-3-2-4-21(27)25(17)29/h2-6,9,13,18,23,36H,10-12,14H2,1H3,(H,30,35)/t18-,23+/m1/s1. The number of nitrogens with zero attached hydrogens (tertiary/aromatic N) is 2. The zero-order valence-corrected chi connectivity index (χ0v) is 20.4. The van der Waals surface area contributed by atoms with Gasteiger partial charge in [0.1, 0.15) is 24.6 Å². The normalized spacial score (nSPS) is 16.8. The van der Waals surface area contributed by atoms with Crippen LogP contribution in [-0.2, 0) is 27.6 Å². The fourth-order valence-corrected chi connectivity index (χ4v) is 4.59. The highest BCUT2D eigenvalue weighted by Crippen LogP contribution is 2.26. The van der Waals surface area contributed by atoms with Gasteiger partial charge < -0.3 is 14.8 Å². The molecule has 0 unspecified atom stereocenters. The van der Waals surface area contributed by atoms with Gasteiger partial charge in [-0.05, 0) is 31.0 Å². The Bertz CT molecular complexity index is 1450. The molecule has 37 heavy (non-hydrogen) atoms. The van der Waals surface area contributed by atoms with Gasteiger partial charge >= 0.3 is 0 Å². The van der Waals surface area contributed by atoms with E-state index in [1.54, 1.807) is 24.3 Å². The summed E-state index contributed by atoms with van der Waals surface area (Å²) >= 11 is 5.78. The van der Waals surface area contributed by atoms with Crippen molar-refractivity contribution in [3.8, 4) is 12.0 Å². The Morgan fingerprint density at radius 1 is 1.27 bits per heavy atom. The maximum absolute atomic E-state index is 14.3. The molecule has 2 N–H and O–H groups in total. The van der Waals surface area contributed by atoms with Gasteiger partial charge in [0.05, 0.1) is 17.1 Å². The average Bonchev–Trinajstić information content (AvgIpc) is 3.44. The van der Waals surface area contributed by atoms with Gasteiger partial charge in [-0.1, -0.05) is 29.8 Å².